The van der Waals surface area contributed by atoms with Gasteiger partial charge in [-0.05, 0) is 51.0 Å². The Balaban J connectivity index is 1.51. The van der Waals surface area contributed by atoms with Gasteiger partial charge >= 0.3 is 0 Å². The van der Waals surface area contributed by atoms with Gasteiger partial charge in [0.2, 0.25) is 0 Å². The fourth-order valence-corrected chi connectivity index (χ4v) is 3.84. The molecule has 3 unspecified atom stereocenters. The Kier molecular flexibility index (Phi) is 4.43. The molecule has 2 fully saturated rings. The van der Waals surface area contributed by atoms with E-state index in [4.69, 9.17) is 0 Å². The standard InChI is InChI=1S/C17H27N3O/c1-3-12(2)20-7-6-16(19-20)11-17(21)10-13-8-14-4-5-15(9-13)18-14/h6-7,12-15,18H,3-5,8-11H2,1-2H3. The van der Waals surface area contributed by atoms with E-state index in [0.29, 0.717) is 36.2 Å². The molecule has 21 heavy (non-hydrogen) atoms. The number of aromatic nitrogens is 2. The topological polar surface area (TPSA) is 46.9 Å². The lowest BCUT2D eigenvalue weighted by molar-refractivity contribution is -0.119. The zero-order valence-electron chi connectivity index (χ0n) is 13.2. The van der Waals surface area contributed by atoms with Gasteiger partial charge in [-0.15, -0.1) is 0 Å². The van der Waals surface area contributed by atoms with Gasteiger partial charge in [-0.1, -0.05) is 6.92 Å². The molecule has 4 nitrogen and oxygen atoms in total. The van der Waals surface area contributed by atoms with Gasteiger partial charge in [0.25, 0.3) is 0 Å². The van der Waals surface area contributed by atoms with Crippen molar-refractivity contribution in [2.45, 2.75) is 76.9 Å². The first-order valence-corrected chi connectivity index (χ1v) is 8.45. The Hall–Kier alpha value is -1.16. The molecule has 3 heterocycles. The summed E-state index contributed by atoms with van der Waals surface area (Å²) in [5.74, 6) is 0.948. The first-order chi connectivity index (χ1) is 10.1. The van der Waals surface area contributed by atoms with E-state index in [1.807, 2.05) is 16.9 Å². The summed E-state index contributed by atoms with van der Waals surface area (Å²) in [6.45, 7) is 4.31. The lowest BCUT2D eigenvalue weighted by Crippen LogP contribution is -2.38. The third-order valence-electron chi connectivity index (χ3n) is 5.17. The smallest absolute Gasteiger partial charge is 0.139 e. The van der Waals surface area contributed by atoms with Crippen molar-refractivity contribution in [1.82, 2.24) is 15.1 Å². The summed E-state index contributed by atoms with van der Waals surface area (Å²) in [6.07, 6.45) is 9.28. The molecule has 116 valence electrons. The molecule has 0 aliphatic carbocycles. The second kappa shape index (κ2) is 6.30. The molecular formula is C17H27N3O. The number of hydrogen-bond acceptors (Lipinski definition) is 3. The second-order valence-electron chi connectivity index (χ2n) is 6.94. The van der Waals surface area contributed by atoms with Gasteiger partial charge in [-0.25, -0.2) is 0 Å². The number of piperidine rings is 1. The predicted octanol–water partition coefficient (Wildman–Crippen LogP) is 2.89. The Morgan fingerprint density at radius 3 is 2.81 bits per heavy atom. The molecule has 1 aromatic heterocycles. The minimum Gasteiger partial charge on any atom is -0.311 e. The number of rotatable bonds is 6. The van der Waals surface area contributed by atoms with E-state index in [9.17, 15) is 4.79 Å². The monoisotopic (exact) mass is 289 g/mol. The molecule has 2 bridgehead atoms. The largest absolute Gasteiger partial charge is 0.311 e. The first-order valence-electron chi connectivity index (χ1n) is 8.45. The van der Waals surface area contributed by atoms with Crippen molar-refractivity contribution in [1.29, 1.82) is 0 Å². The van der Waals surface area contributed by atoms with Crippen LogP contribution in [0.4, 0.5) is 0 Å². The quantitative estimate of drug-likeness (QED) is 0.876. The van der Waals surface area contributed by atoms with E-state index in [-0.39, 0.29) is 0 Å². The van der Waals surface area contributed by atoms with E-state index in [2.05, 4.69) is 24.3 Å². The number of nitrogens with zero attached hydrogens (tertiary/aromatic N) is 2. The van der Waals surface area contributed by atoms with Gasteiger partial charge in [0.15, 0.2) is 0 Å². The highest BCUT2D eigenvalue weighted by Gasteiger charge is 2.34. The summed E-state index contributed by atoms with van der Waals surface area (Å²) in [4.78, 5) is 12.3. The van der Waals surface area contributed by atoms with Crippen LogP contribution in [0, 0.1) is 5.92 Å². The number of nitrogens with one attached hydrogen (secondary N) is 1. The highest BCUT2D eigenvalue weighted by molar-refractivity contribution is 5.80. The predicted molar refractivity (Wildman–Crippen MR) is 83.2 cm³/mol. The van der Waals surface area contributed by atoms with Crippen molar-refractivity contribution in [2.24, 2.45) is 5.92 Å². The number of carbonyl (C=O) groups excluding carboxylic acids is 1. The molecule has 2 aliphatic rings. The molecule has 0 amide bonds. The van der Waals surface area contributed by atoms with Crippen LogP contribution in [-0.2, 0) is 11.2 Å². The summed E-state index contributed by atoms with van der Waals surface area (Å²) in [6, 6.07) is 3.75. The number of Topliss-reactive ketones (excluding diaryl/α,β-unsaturated/α-hetero) is 1. The number of ketones is 1. The Bertz CT molecular complexity index is 484. The summed E-state index contributed by atoms with van der Waals surface area (Å²) < 4.78 is 1.98. The Morgan fingerprint density at radius 1 is 1.43 bits per heavy atom. The van der Waals surface area contributed by atoms with E-state index in [1.165, 1.54) is 25.7 Å². The number of hydrogen-bond donors (Lipinski definition) is 1. The third kappa shape index (κ3) is 3.54. The van der Waals surface area contributed by atoms with Crippen molar-refractivity contribution in [3.8, 4) is 0 Å². The van der Waals surface area contributed by atoms with Gasteiger partial charge in [-0.3, -0.25) is 9.48 Å². The zero-order valence-corrected chi connectivity index (χ0v) is 13.2. The van der Waals surface area contributed by atoms with E-state index < -0.39 is 0 Å². The normalized spacial score (nSPS) is 29.5. The van der Waals surface area contributed by atoms with Crippen LogP contribution in [0.2, 0.25) is 0 Å². The molecule has 3 atom stereocenters. The maximum absolute atomic E-state index is 12.3. The summed E-state index contributed by atoms with van der Waals surface area (Å²) in [5.41, 5.74) is 0.928. The van der Waals surface area contributed by atoms with Crippen LogP contribution in [-0.4, -0.2) is 27.6 Å². The zero-order chi connectivity index (χ0) is 14.8. The van der Waals surface area contributed by atoms with Crippen LogP contribution in [0.15, 0.2) is 12.3 Å². The van der Waals surface area contributed by atoms with E-state index >= 15 is 0 Å². The average Bonchev–Trinajstić information content (AvgIpc) is 3.05. The summed E-state index contributed by atoms with van der Waals surface area (Å²) in [7, 11) is 0. The van der Waals surface area contributed by atoms with E-state index in [0.717, 1.165) is 18.5 Å². The lowest BCUT2D eigenvalue weighted by Gasteiger charge is -2.28. The molecule has 3 rings (SSSR count). The van der Waals surface area contributed by atoms with Crippen LogP contribution in [0.3, 0.4) is 0 Å². The number of carbonyl (C=O) groups is 1. The van der Waals surface area contributed by atoms with Gasteiger partial charge in [0.1, 0.15) is 5.78 Å². The molecular weight excluding hydrogens is 262 g/mol. The lowest BCUT2D eigenvalue weighted by atomic mass is 9.87. The average molecular weight is 289 g/mol. The molecule has 0 aromatic carbocycles. The van der Waals surface area contributed by atoms with Crippen molar-refractivity contribution in [3.05, 3.63) is 18.0 Å². The molecule has 0 radical (unpaired) electrons. The van der Waals surface area contributed by atoms with Crippen LogP contribution < -0.4 is 5.32 Å². The number of fused-ring (bicyclic) bond motifs is 2. The Labute approximate surface area is 127 Å². The van der Waals surface area contributed by atoms with Crippen molar-refractivity contribution >= 4 is 5.78 Å². The van der Waals surface area contributed by atoms with Crippen LogP contribution in [0.5, 0.6) is 0 Å². The maximum atomic E-state index is 12.3. The van der Waals surface area contributed by atoms with Crippen LogP contribution >= 0.6 is 0 Å². The van der Waals surface area contributed by atoms with Crippen LogP contribution in [0.25, 0.3) is 0 Å². The molecule has 0 spiro atoms. The van der Waals surface area contributed by atoms with Gasteiger partial charge in [-0.2, -0.15) is 5.10 Å². The third-order valence-corrected chi connectivity index (χ3v) is 5.17. The maximum Gasteiger partial charge on any atom is 0.139 e. The first kappa shape index (κ1) is 14.8. The van der Waals surface area contributed by atoms with Crippen LogP contribution in [0.1, 0.15) is 64.1 Å². The molecule has 1 N–H and O–H groups in total. The minimum atomic E-state index is 0.357. The Morgan fingerprint density at radius 2 is 2.14 bits per heavy atom. The van der Waals surface area contributed by atoms with Crippen molar-refractivity contribution in [2.75, 3.05) is 0 Å². The molecule has 4 heteroatoms. The van der Waals surface area contributed by atoms with Crippen molar-refractivity contribution < 1.29 is 4.79 Å². The fourth-order valence-electron chi connectivity index (χ4n) is 3.84. The summed E-state index contributed by atoms with van der Waals surface area (Å²) in [5, 5.41) is 8.18. The fraction of sp³-hybridized carbons (Fsp3) is 0.765. The second-order valence-corrected chi connectivity index (χ2v) is 6.94. The molecule has 0 saturated carbocycles. The van der Waals surface area contributed by atoms with Gasteiger partial charge < -0.3 is 5.32 Å². The molecule has 1 aromatic rings. The SMILES string of the molecule is CCC(C)n1ccc(CC(=O)CC2CC3CCC(C2)N3)n1. The van der Waals surface area contributed by atoms with Gasteiger partial charge in [0.05, 0.1) is 12.1 Å². The van der Waals surface area contributed by atoms with Gasteiger partial charge in [0, 0.05) is 30.7 Å². The summed E-state index contributed by atoms with van der Waals surface area (Å²) >= 11 is 0. The van der Waals surface area contributed by atoms with Crippen molar-refractivity contribution in [3.63, 3.8) is 0 Å². The minimum absolute atomic E-state index is 0.357. The molecule has 2 saturated heterocycles. The molecule has 2 aliphatic heterocycles. The highest BCUT2D eigenvalue weighted by atomic mass is 16.1. The van der Waals surface area contributed by atoms with E-state index in [1.54, 1.807) is 0 Å². The highest BCUT2D eigenvalue weighted by Crippen LogP contribution is 2.32.